The summed E-state index contributed by atoms with van der Waals surface area (Å²) in [4.78, 5) is 14.9. The molecule has 0 N–H and O–H groups in total. The molecule has 2 fully saturated rings. The van der Waals surface area contributed by atoms with Crippen molar-refractivity contribution in [2.75, 3.05) is 6.54 Å². The van der Waals surface area contributed by atoms with Crippen LogP contribution in [-0.4, -0.2) is 23.5 Å². The maximum atomic E-state index is 13.1. The molecule has 2 aliphatic rings. The highest BCUT2D eigenvalue weighted by atomic mass is 19.4. The third-order valence-corrected chi connectivity index (χ3v) is 5.73. The van der Waals surface area contributed by atoms with E-state index in [-0.39, 0.29) is 24.8 Å². The summed E-state index contributed by atoms with van der Waals surface area (Å²) in [6.07, 6.45) is -0.108. The summed E-state index contributed by atoms with van der Waals surface area (Å²) >= 11 is 0. The Morgan fingerprint density at radius 3 is 2.44 bits per heavy atom. The van der Waals surface area contributed by atoms with Gasteiger partial charge in [-0.25, -0.2) is 0 Å². The minimum atomic E-state index is -4.18. The number of hydrogen-bond acceptors (Lipinski definition) is 1. The van der Waals surface area contributed by atoms with Gasteiger partial charge in [0.05, 0.1) is 12.0 Å². The summed E-state index contributed by atoms with van der Waals surface area (Å²) in [6.45, 7) is 2.68. The number of aryl methyl sites for hydroxylation is 1. The quantitative estimate of drug-likeness (QED) is 0.695. The van der Waals surface area contributed by atoms with E-state index in [0.29, 0.717) is 19.4 Å². The Morgan fingerprint density at radius 1 is 1.04 bits per heavy atom. The lowest BCUT2D eigenvalue weighted by Gasteiger charge is -2.40. The van der Waals surface area contributed by atoms with Crippen LogP contribution in [-0.2, 0) is 4.79 Å². The number of likely N-dealkylation sites (tertiary alicyclic amines) is 1. The first-order chi connectivity index (χ1) is 11.9. The number of piperidine rings is 1. The molecule has 1 aliphatic heterocycles. The molecular formula is C20H26F3NO. The number of rotatable bonds is 2. The number of amides is 1. The number of hydrogen-bond donors (Lipinski definition) is 0. The van der Waals surface area contributed by atoms with Crippen molar-refractivity contribution in [1.29, 1.82) is 0 Å². The molecule has 3 rings (SSSR count). The fraction of sp³-hybridized carbons (Fsp3) is 0.650. The molecular weight excluding hydrogens is 327 g/mol. The Bertz CT molecular complexity index is 596. The Hall–Kier alpha value is -1.52. The summed E-state index contributed by atoms with van der Waals surface area (Å²) in [5, 5.41) is 0. The Labute approximate surface area is 147 Å². The van der Waals surface area contributed by atoms with Crippen LogP contribution in [0.15, 0.2) is 24.3 Å². The van der Waals surface area contributed by atoms with Crippen molar-refractivity contribution in [3.05, 3.63) is 35.4 Å². The minimum Gasteiger partial charge on any atom is -0.335 e. The number of nitrogens with zero attached hydrogens (tertiary/aromatic N) is 1. The summed E-state index contributed by atoms with van der Waals surface area (Å²) in [7, 11) is 0. The molecule has 2 nitrogen and oxygen atoms in total. The van der Waals surface area contributed by atoms with E-state index < -0.39 is 18.0 Å². The van der Waals surface area contributed by atoms with Crippen molar-refractivity contribution in [3.8, 4) is 0 Å². The molecule has 0 spiro atoms. The van der Waals surface area contributed by atoms with Crippen molar-refractivity contribution >= 4 is 5.91 Å². The molecule has 0 radical (unpaired) electrons. The van der Waals surface area contributed by atoms with Gasteiger partial charge in [0.25, 0.3) is 0 Å². The van der Waals surface area contributed by atoms with Gasteiger partial charge < -0.3 is 4.90 Å². The third kappa shape index (κ3) is 4.18. The van der Waals surface area contributed by atoms with Gasteiger partial charge in [-0.1, -0.05) is 36.2 Å². The largest absolute Gasteiger partial charge is 0.391 e. The van der Waals surface area contributed by atoms with Crippen molar-refractivity contribution in [2.24, 2.45) is 11.8 Å². The van der Waals surface area contributed by atoms with Crippen LogP contribution >= 0.6 is 0 Å². The SMILES string of the molecule is Cc1ccc(C2CCCCN2C(=O)C2CCCC(C(F)(F)F)C2)cc1. The molecule has 3 atom stereocenters. The van der Waals surface area contributed by atoms with Crippen LogP contribution in [0.5, 0.6) is 0 Å². The topological polar surface area (TPSA) is 20.3 Å². The monoisotopic (exact) mass is 353 g/mol. The first kappa shape index (κ1) is 18.3. The molecule has 1 aliphatic carbocycles. The van der Waals surface area contributed by atoms with E-state index in [1.165, 1.54) is 0 Å². The maximum absolute atomic E-state index is 13.1. The number of carbonyl (C=O) groups excluding carboxylic acids is 1. The average Bonchev–Trinajstić information content (AvgIpc) is 2.61. The molecule has 1 aromatic rings. The Morgan fingerprint density at radius 2 is 1.76 bits per heavy atom. The van der Waals surface area contributed by atoms with E-state index in [9.17, 15) is 18.0 Å². The van der Waals surface area contributed by atoms with Gasteiger partial charge >= 0.3 is 6.18 Å². The smallest absolute Gasteiger partial charge is 0.335 e. The molecule has 1 amide bonds. The lowest BCUT2D eigenvalue weighted by atomic mass is 9.79. The van der Waals surface area contributed by atoms with Gasteiger partial charge in [0, 0.05) is 12.5 Å². The molecule has 1 saturated heterocycles. The fourth-order valence-corrected chi connectivity index (χ4v) is 4.28. The van der Waals surface area contributed by atoms with E-state index in [1.807, 2.05) is 36.1 Å². The zero-order valence-corrected chi connectivity index (χ0v) is 14.7. The second-order valence-corrected chi connectivity index (χ2v) is 7.56. The van der Waals surface area contributed by atoms with Gasteiger partial charge in [-0.05, 0) is 51.0 Å². The molecule has 5 heteroatoms. The van der Waals surface area contributed by atoms with Crippen LogP contribution in [0.4, 0.5) is 13.2 Å². The molecule has 1 aromatic carbocycles. The zero-order valence-electron chi connectivity index (χ0n) is 14.7. The van der Waals surface area contributed by atoms with E-state index in [4.69, 9.17) is 0 Å². The van der Waals surface area contributed by atoms with Crippen LogP contribution in [0.2, 0.25) is 0 Å². The van der Waals surface area contributed by atoms with E-state index in [0.717, 1.165) is 30.4 Å². The van der Waals surface area contributed by atoms with Crippen molar-refractivity contribution in [1.82, 2.24) is 4.90 Å². The van der Waals surface area contributed by atoms with Crippen molar-refractivity contribution in [2.45, 2.75) is 64.1 Å². The number of alkyl halides is 3. The zero-order chi connectivity index (χ0) is 18.0. The van der Waals surface area contributed by atoms with Gasteiger partial charge in [0.2, 0.25) is 5.91 Å². The van der Waals surface area contributed by atoms with Gasteiger partial charge in [-0.15, -0.1) is 0 Å². The fourth-order valence-electron chi connectivity index (χ4n) is 4.28. The predicted octanol–water partition coefficient (Wildman–Crippen LogP) is 5.42. The highest BCUT2D eigenvalue weighted by Crippen LogP contribution is 2.42. The first-order valence-corrected chi connectivity index (χ1v) is 9.30. The Kier molecular flexibility index (Phi) is 5.40. The van der Waals surface area contributed by atoms with Crippen molar-refractivity contribution < 1.29 is 18.0 Å². The van der Waals surface area contributed by atoms with E-state index in [2.05, 4.69) is 0 Å². The summed E-state index contributed by atoms with van der Waals surface area (Å²) in [5.41, 5.74) is 2.26. The van der Waals surface area contributed by atoms with Gasteiger partial charge in [-0.3, -0.25) is 4.79 Å². The van der Waals surface area contributed by atoms with Crippen LogP contribution < -0.4 is 0 Å². The lowest BCUT2D eigenvalue weighted by molar-refractivity contribution is -0.187. The van der Waals surface area contributed by atoms with Crippen molar-refractivity contribution in [3.63, 3.8) is 0 Å². The molecule has 0 aromatic heterocycles. The molecule has 3 unspecified atom stereocenters. The summed E-state index contributed by atoms with van der Waals surface area (Å²) in [6, 6.07) is 8.17. The Balaban J connectivity index is 1.75. The van der Waals surface area contributed by atoms with Crippen LogP contribution in [0.3, 0.4) is 0 Å². The second-order valence-electron chi connectivity index (χ2n) is 7.56. The molecule has 0 bridgehead atoms. The van der Waals surface area contributed by atoms with Crippen LogP contribution in [0, 0.1) is 18.8 Å². The lowest BCUT2D eigenvalue weighted by Crippen LogP contribution is -2.44. The van der Waals surface area contributed by atoms with Gasteiger partial charge in [-0.2, -0.15) is 13.2 Å². The highest BCUT2D eigenvalue weighted by molar-refractivity contribution is 5.79. The minimum absolute atomic E-state index is 0.00751. The predicted molar refractivity (Wildman–Crippen MR) is 91.0 cm³/mol. The van der Waals surface area contributed by atoms with Crippen LogP contribution in [0.1, 0.15) is 62.1 Å². The summed E-state index contributed by atoms with van der Waals surface area (Å²) in [5.74, 6) is -1.87. The van der Waals surface area contributed by atoms with E-state index >= 15 is 0 Å². The number of carbonyl (C=O) groups is 1. The first-order valence-electron chi connectivity index (χ1n) is 9.30. The van der Waals surface area contributed by atoms with E-state index in [1.54, 1.807) is 0 Å². The van der Waals surface area contributed by atoms with Gasteiger partial charge in [0.1, 0.15) is 0 Å². The van der Waals surface area contributed by atoms with Crippen LogP contribution in [0.25, 0.3) is 0 Å². The number of halogens is 3. The second kappa shape index (κ2) is 7.38. The third-order valence-electron chi connectivity index (χ3n) is 5.73. The highest BCUT2D eigenvalue weighted by Gasteiger charge is 2.45. The number of benzene rings is 1. The molecule has 138 valence electrons. The molecule has 25 heavy (non-hydrogen) atoms. The average molecular weight is 353 g/mol. The standard InChI is InChI=1S/C20H26F3NO/c1-14-8-10-15(11-9-14)18-7-2-3-12-24(18)19(25)16-5-4-6-17(13-16)20(21,22)23/h8-11,16-18H,2-7,12-13H2,1H3. The van der Waals surface area contributed by atoms with Gasteiger partial charge in [0.15, 0.2) is 0 Å². The summed E-state index contributed by atoms with van der Waals surface area (Å²) < 4.78 is 39.2. The molecule has 1 heterocycles. The normalized spacial score (nSPS) is 28.0. The maximum Gasteiger partial charge on any atom is 0.391 e. The molecule has 1 saturated carbocycles.